The quantitative estimate of drug-likeness (QED) is 0.771. The fraction of sp³-hybridized carbons (Fsp3) is 0.364. The van der Waals surface area contributed by atoms with Crippen molar-refractivity contribution in [3.05, 3.63) is 35.4 Å². The SMILES string of the molecule is Cc1ccccc1CC1CNC(=O)O1. The van der Waals surface area contributed by atoms with Crippen LogP contribution < -0.4 is 5.32 Å². The van der Waals surface area contributed by atoms with Crippen LogP contribution in [0.3, 0.4) is 0 Å². The Bertz CT molecular complexity index is 349. The standard InChI is InChI=1S/C11H13NO2/c1-8-4-2-3-5-9(8)6-10-7-12-11(13)14-10/h2-5,10H,6-7H2,1H3,(H,12,13). The van der Waals surface area contributed by atoms with Crippen LogP contribution in [0.1, 0.15) is 11.1 Å². The zero-order valence-corrected chi connectivity index (χ0v) is 8.12. The van der Waals surface area contributed by atoms with Crippen LogP contribution in [-0.4, -0.2) is 18.7 Å². The van der Waals surface area contributed by atoms with Gasteiger partial charge in [-0.1, -0.05) is 24.3 Å². The number of hydrogen-bond acceptors (Lipinski definition) is 2. The van der Waals surface area contributed by atoms with Gasteiger partial charge < -0.3 is 10.1 Å². The van der Waals surface area contributed by atoms with E-state index in [0.29, 0.717) is 6.54 Å². The molecule has 0 radical (unpaired) electrons. The number of cyclic esters (lactones) is 1. The molecule has 1 heterocycles. The van der Waals surface area contributed by atoms with E-state index in [1.165, 1.54) is 11.1 Å². The Morgan fingerprint density at radius 2 is 2.29 bits per heavy atom. The van der Waals surface area contributed by atoms with Gasteiger partial charge in [0.2, 0.25) is 0 Å². The van der Waals surface area contributed by atoms with Crippen LogP contribution in [0.4, 0.5) is 4.79 Å². The maximum atomic E-state index is 10.8. The van der Waals surface area contributed by atoms with E-state index in [2.05, 4.69) is 24.4 Å². The number of nitrogens with one attached hydrogen (secondary N) is 1. The first-order valence-electron chi connectivity index (χ1n) is 4.74. The molecule has 1 amide bonds. The van der Waals surface area contributed by atoms with Crippen molar-refractivity contribution in [1.29, 1.82) is 0 Å². The van der Waals surface area contributed by atoms with Crippen LogP contribution in [0.2, 0.25) is 0 Å². The number of alkyl carbamates (subject to hydrolysis) is 1. The molecule has 1 aliphatic heterocycles. The minimum absolute atomic E-state index is 0.0106. The maximum absolute atomic E-state index is 10.8. The second-order valence-electron chi connectivity index (χ2n) is 3.54. The average Bonchev–Trinajstić information content (AvgIpc) is 2.56. The summed E-state index contributed by atoms with van der Waals surface area (Å²) in [5, 5.41) is 2.65. The monoisotopic (exact) mass is 191 g/mol. The molecule has 1 saturated heterocycles. The fourth-order valence-corrected chi connectivity index (χ4v) is 1.63. The molecule has 74 valence electrons. The summed E-state index contributed by atoms with van der Waals surface area (Å²) in [6, 6.07) is 8.16. The van der Waals surface area contributed by atoms with Gasteiger partial charge in [0.1, 0.15) is 6.10 Å². The van der Waals surface area contributed by atoms with E-state index in [-0.39, 0.29) is 12.2 Å². The third-order valence-corrected chi connectivity index (χ3v) is 2.46. The highest BCUT2D eigenvalue weighted by molar-refractivity contribution is 5.69. The summed E-state index contributed by atoms with van der Waals surface area (Å²) in [6.07, 6.45) is 0.484. The van der Waals surface area contributed by atoms with E-state index in [0.717, 1.165) is 6.42 Å². The van der Waals surface area contributed by atoms with Crippen LogP contribution in [0.25, 0.3) is 0 Å². The number of aryl methyl sites for hydroxylation is 1. The van der Waals surface area contributed by atoms with E-state index in [1.807, 2.05) is 12.1 Å². The Balaban J connectivity index is 2.04. The molecule has 0 aromatic heterocycles. The number of ether oxygens (including phenoxy) is 1. The summed E-state index contributed by atoms with van der Waals surface area (Å²) < 4.78 is 5.07. The Hall–Kier alpha value is -1.51. The van der Waals surface area contributed by atoms with Crippen molar-refractivity contribution in [1.82, 2.24) is 5.32 Å². The first-order valence-corrected chi connectivity index (χ1v) is 4.74. The third-order valence-electron chi connectivity index (χ3n) is 2.46. The number of amides is 1. The molecular weight excluding hydrogens is 178 g/mol. The molecule has 2 rings (SSSR count). The summed E-state index contributed by atoms with van der Waals surface area (Å²) in [4.78, 5) is 10.8. The van der Waals surface area contributed by atoms with Crippen LogP contribution in [-0.2, 0) is 11.2 Å². The summed E-state index contributed by atoms with van der Waals surface area (Å²) in [6.45, 7) is 2.69. The van der Waals surface area contributed by atoms with E-state index >= 15 is 0 Å². The number of carbonyl (C=O) groups excluding carboxylic acids is 1. The summed E-state index contributed by atoms with van der Waals surface area (Å²) in [5.74, 6) is 0. The van der Waals surface area contributed by atoms with Gasteiger partial charge in [0.05, 0.1) is 6.54 Å². The van der Waals surface area contributed by atoms with Crippen LogP contribution in [0, 0.1) is 6.92 Å². The Kier molecular flexibility index (Phi) is 2.39. The summed E-state index contributed by atoms with van der Waals surface area (Å²) >= 11 is 0. The van der Waals surface area contributed by atoms with Crippen LogP contribution >= 0.6 is 0 Å². The minimum Gasteiger partial charge on any atom is -0.444 e. The van der Waals surface area contributed by atoms with Gasteiger partial charge in [0.25, 0.3) is 0 Å². The average molecular weight is 191 g/mol. The van der Waals surface area contributed by atoms with Gasteiger partial charge in [-0.15, -0.1) is 0 Å². The molecule has 1 fully saturated rings. The molecule has 1 N–H and O–H groups in total. The van der Waals surface area contributed by atoms with Crippen molar-refractivity contribution in [2.24, 2.45) is 0 Å². The number of carbonyl (C=O) groups is 1. The molecule has 1 aromatic carbocycles. The molecule has 1 aliphatic rings. The minimum atomic E-state index is -0.302. The molecule has 0 saturated carbocycles. The molecule has 3 heteroatoms. The van der Waals surface area contributed by atoms with Gasteiger partial charge in [-0.3, -0.25) is 0 Å². The zero-order chi connectivity index (χ0) is 9.97. The van der Waals surface area contributed by atoms with Gasteiger partial charge in [-0.2, -0.15) is 0 Å². The first-order chi connectivity index (χ1) is 6.75. The largest absolute Gasteiger partial charge is 0.444 e. The van der Waals surface area contributed by atoms with Gasteiger partial charge in [-0.05, 0) is 18.1 Å². The second kappa shape index (κ2) is 3.70. The van der Waals surface area contributed by atoms with Crippen molar-refractivity contribution < 1.29 is 9.53 Å². The Labute approximate surface area is 83.1 Å². The maximum Gasteiger partial charge on any atom is 0.407 e. The molecule has 0 bridgehead atoms. The lowest BCUT2D eigenvalue weighted by Crippen LogP contribution is -2.17. The summed E-state index contributed by atoms with van der Waals surface area (Å²) in [5.41, 5.74) is 2.49. The Morgan fingerprint density at radius 1 is 1.50 bits per heavy atom. The predicted molar refractivity (Wildman–Crippen MR) is 53.2 cm³/mol. The second-order valence-corrected chi connectivity index (χ2v) is 3.54. The highest BCUT2D eigenvalue weighted by atomic mass is 16.6. The van der Waals surface area contributed by atoms with Crippen molar-refractivity contribution >= 4 is 6.09 Å². The van der Waals surface area contributed by atoms with Gasteiger partial charge in [0.15, 0.2) is 0 Å². The lowest BCUT2D eigenvalue weighted by atomic mass is 10.0. The highest BCUT2D eigenvalue weighted by Gasteiger charge is 2.22. The lowest BCUT2D eigenvalue weighted by Gasteiger charge is -2.09. The van der Waals surface area contributed by atoms with Gasteiger partial charge in [0, 0.05) is 6.42 Å². The zero-order valence-electron chi connectivity index (χ0n) is 8.12. The van der Waals surface area contributed by atoms with E-state index in [1.54, 1.807) is 0 Å². The number of hydrogen-bond donors (Lipinski definition) is 1. The van der Waals surface area contributed by atoms with Crippen LogP contribution in [0.15, 0.2) is 24.3 Å². The van der Waals surface area contributed by atoms with Crippen molar-refractivity contribution in [2.45, 2.75) is 19.4 Å². The smallest absolute Gasteiger partial charge is 0.407 e. The first kappa shape index (κ1) is 9.06. The molecule has 1 aromatic rings. The molecule has 14 heavy (non-hydrogen) atoms. The normalized spacial score (nSPS) is 20.4. The lowest BCUT2D eigenvalue weighted by molar-refractivity contribution is 0.140. The van der Waals surface area contributed by atoms with Crippen molar-refractivity contribution in [3.8, 4) is 0 Å². The highest BCUT2D eigenvalue weighted by Crippen LogP contribution is 2.13. The molecular formula is C11H13NO2. The predicted octanol–water partition coefficient (Wildman–Crippen LogP) is 1.65. The third kappa shape index (κ3) is 1.87. The van der Waals surface area contributed by atoms with Crippen molar-refractivity contribution in [3.63, 3.8) is 0 Å². The van der Waals surface area contributed by atoms with E-state index in [9.17, 15) is 4.79 Å². The number of benzene rings is 1. The molecule has 0 spiro atoms. The number of rotatable bonds is 2. The summed E-state index contributed by atoms with van der Waals surface area (Å²) in [7, 11) is 0. The molecule has 3 nitrogen and oxygen atoms in total. The van der Waals surface area contributed by atoms with Gasteiger partial charge in [-0.25, -0.2) is 4.79 Å². The van der Waals surface area contributed by atoms with Crippen LogP contribution in [0.5, 0.6) is 0 Å². The van der Waals surface area contributed by atoms with Crippen molar-refractivity contribution in [2.75, 3.05) is 6.54 Å². The Morgan fingerprint density at radius 3 is 2.93 bits per heavy atom. The van der Waals surface area contributed by atoms with E-state index in [4.69, 9.17) is 4.74 Å². The molecule has 1 unspecified atom stereocenters. The topological polar surface area (TPSA) is 38.3 Å². The van der Waals surface area contributed by atoms with E-state index < -0.39 is 0 Å². The van der Waals surface area contributed by atoms with Gasteiger partial charge >= 0.3 is 6.09 Å². The molecule has 0 aliphatic carbocycles. The molecule has 1 atom stereocenters. The fourth-order valence-electron chi connectivity index (χ4n) is 1.63.